The van der Waals surface area contributed by atoms with Gasteiger partial charge in [-0.1, -0.05) is 48.5 Å². The van der Waals surface area contributed by atoms with Gasteiger partial charge in [0.2, 0.25) is 5.91 Å². The second kappa shape index (κ2) is 7.82. The zero-order valence-electron chi connectivity index (χ0n) is 16.9. The van der Waals surface area contributed by atoms with Crippen molar-refractivity contribution >= 4 is 23.7 Å². The normalized spacial score (nSPS) is 19.1. The zero-order valence-corrected chi connectivity index (χ0v) is 16.9. The number of hydroxylamine groups is 2. The molecule has 10 nitrogen and oxygen atoms in total. The molecule has 2 bridgehead atoms. The molecular formula is C22H20N6O4. The first kappa shape index (κ1) is 19.8. The molecule has 0 saturated carbocycles. The molecule has 0 aliphatic carbocycles. The van der Waals surface area contributed by atoms with Gasteiger partial charge >= 0.3 is 12.1 Å². The van der Waals surface area contributed by atoms with Crippen LogP contribution in [-0.2, 0) is 16.2 Å². The van der Waals surface area contributed by atoms with E-state index in [2.05, 4.69) is 10.4 Å². The highest BCUT2D eigenvalue weighted by molar-refractivity contribution is 5.92. The lowest BCUT2D eigenvalue weighted by Gasteiger charge is -2.26. The minimum atomic E-state index is -1.08. The third-order valence-corrected chi connectivity index (χ3v) is 5.50. The highest BCUT2D eigenvalue weighted by Crippen LogP contribution is 2.43. The maximum Gasteiger partial charge on any atom is 0.346 e. The molecule has 1 aromatic heterocycles. The first-order chi connectivity index (χ1) is 15.5. The Morgan fingerprint density at radius 1 is 1.09 bits per heavy atom. The highest BCUT2D eigenvalue weighted by atomic mass is 16.7. The Morgan fingerprint density at radius 2 is 1.78 bits per heavy atom. The van der Waals surface area contributed by atoms with E-state index < -0.39 is 30.1 Å². The van der Waals surface area contributed by atoms with Crippen LogP contribution in [0.25, 0.3) is 0 Å². The Bertz CT molecular complexity index is 1180. The van der Waals surface area contributed by atoms with Gasteiger partial charge < -0.3 is 16.0 Å². The van der Waals surface area contributed by atoms with Crippen molar-refractivity contribution < 1.29 is 19.2 Å². The molecular weight excluding hydrogens is 412 g/mol. The summed E-state index contributed by atoms with van der Waals surface area (Å²) >= 11 is 0. The lowest BCUT2D eigenvalue weighted by Crippen LogP contribution is -2.41. The first-order valence-corrected chi connectivity index (χ1v) is 10.0. The zero-order chi connectivity index (χ0) is 22.2. The smallest absolute Gasteiger partial charge is 0.346 e. The van der Waals surface area contributed by atoms with E-state index in [9.17, 15) is 14.4 Å². The quantitative estimate of drug-likeness (QED) is 0.641. The van der Waals surface area contributed by atoms with E-state index in [0.717, 1.165) is 10.2 Å². The number of anilines is 1. The molecule has 0 unspecified atom stereocenters. The number of nitrogens with zero attached hydrogens (tertiary/aromatic N) is 4. The number of nitrogens with two attached hydrogens (primary N) is 1. The predicted octanol–water partition coefficient (Wildman–Crippen LogP) is 2.41. The SMILES string of the molecule is NC(=O)[C@@H]1c2nn(C(=O)Nc3ccccc3)cc2[C@@H]2CN1C(=O)N2OCc1ccccc1. The fourth-order valence-electron chi connectivity index (χ4n) is 4.01. The Morgan fingerprint density at radius 3 is 2.47 bits per heavy atom. The molecule has 3 aromatic rings. The van der Waals surface area contributed by atoms with E-state index in [0.29, 0.717) is 11.3 Å². The Kier molecular flexibility index (Phi) is 4.83. The average Bonchev–Trinajstić information content (AvgIpc) is 3.35. The molecule has 5 rings (SSSR count). The summed E-state index contributed by atoms with van der Waals surface area (Å²) in [6, 6.07) is 15.8. The van der Waals surface area contributed by atoms with Crippen LogP contribution in [0.3, 0.4) is 0 Å². The number of hydrogen-bond acceptors (Lipinski definition) is 5. The van der Waals surface area contributed by atoms with E-state index in [1.165, 1.54) is 16.2 Å². The largest absolute Gasteiger partial charge is 0.368 e. The van der Waals surface area contributed by atoms with Crippen molar-refractivity contribution in [3.63, 3.8) is 0 Å². The number of hydrogen-bond donors (Lipinski definition) is 2. The van der Waals surface area contributed by atoms with Crippen molar-refractivity contribution in [2.75, 3.05) is 11.9 Å². The molecule has 10 heteroatoms. The maximum atomic E-state index is 13.0. The molecule has 162 valence electrons. The molecule has 3 heterocycles. The number of carbonyl (C=O) groups excluding carboxylic acids is 3. The van der Waals surface area contributed by atoms with Gasteiger partial charge in [0, 0.05) is 17.4 Å². The lowest BCUT2D eigenvalue weighted by atomic mass is 9.98. The molecule has 0 radical (unpaired) electrons. The summed E-state index contributed by atoms with van der Waals surface area (Å²) in [7, 11) is 0. The third kappa shape index (κ3) is 3.36. The van der Waals surface area contributed by atoms with E-state index in [1.54, 1.807) is 24.3 Å². The summed E-state index contributed by atoms with van der Waals surface area (Å²) in [5.41, 5.74) is 7.92. The molecule has 2 atom stereocenters. The minimum absolute atomic E-state index is 0.177. The van der Waals surface area contributed by atoms with E-state index in [4.69, 9.17) is 10.6 Å². The maximum absolute atomic E-state index is 13.0. The molecule has 1 saturated heterocycles. The van der Waals surface area contributed by atoms with Crippen LogP contribution in [0.2, 0.25) is 0 Å². The third-order valence-electron chi connectivity index (χ3n) is 5.50. The Hall–Kier alpha value is -4.18. The molecule has 32 heavy (non-hydrogen) atoms. The number of fused-ring (bicyclic) bond motifs is 4. The molecule has 3 N–H and O–H groups in total. The Balaban J connectivity index is 1.44. The Labute approximate surface area is 183 Å². The monoisotopic (exact) mass is 432 g/mol. The topological polar surface area (TPSA) is 123 Å². The fourth-order valence-corrected chi connectivity index (χ4v) is 4.01. The van der Waals surface area contributed by atoms with Crippen LogP contribution in [0.4, 0.5) is 15.3 Å². The number of nitrogens with one attached hydrogen (secondary N) is 1. The summed E-state index contributed by atoms with van der Waals surface area (Å²) in [6.07, 6.45) is 1.52. The van der Waals surface area contributed by atoms with Crippen molar-refractivity contribution in [3.8, 4) is 0 Å². The van der Waals surface area contributed by atoms with E-state index >= 15 is 0 Å². The number of benzene rings is 2. The number of rotatable bonds is 5. The fraction of sp³-hybridized carbons (Fsp3) is 0.182. The average molecular weight is 432 g/mol. The van der Waals surface area contributed by atoms with Crippen molar-refractivity contribution in [1.29, 1.82) is 0 Å². The molecule has 2 aliphatic heterocycles. The summed E-state index contributed by atoms with van der Waals surface area (Å²) in [5.74, 6) is -0.725. The van der Waals surface area contributed by atoms with Crippen LogP contribution in [0, 0.1) is 0 Å². The van der Waals surface area contributed by atoms with Gasteiger partial charge in [-0.15, -0.1) is 0 Å². The number of aromatic nitrogens is 2. The first-order valence-electron chi connectivity index (χ1n) is 10.0. The van der Waals surface area contributed by atoms with Crippen LogP contribution < -0.4 is 11.1 Å². The number of para-hydroxylation sites is 1. The van der Waals surface area contributed by atoms with Gasteiger partial charge in [0.25, 0.3) is 0 Å². The summed E-state index contributed by atoms with van der Waals surface area (Å²) in [5, 5.41) is 8.28. The van der Waals surface area contributed by atoms with Crippen molar-refractivity contribution in [2.24, 2.45) is 5.73 Å². The van der Waals surface area contributed by atoms with Gasteiger partial charge in [-0.2, -0.15) is 14.8 Å². The second-order valence-corrected chi connectivity index (χ2v) is 7.55. The molecule has 2 aliphatic rings. The number of carbonyl (C=O) groups is 3. The molecule has 1 fully saturated rings. The van der Waals surface area contributed by atoms with Crippen molar-refractivity contribution in [1.82, 2.24) is 19.7 Å². The molecule has 0 spiro atoms. The number of urea groups is 1. The molecule has 2 aromatic carbocycles. The van der Waals surface area contributed by atoms with E-state index in [1.807, 2.05) is 36.4 Å². The van der Waals surface area contributed by atoms with Gasteiger partial charge in [-0.3, -0.25) is 9.63 Å². The van der Waals surface area contributed by atoms with Crippen LogP contribution in [-0.4, -0.2) is 44.3 Å². The van der Waals surface area contributed by atoms with Gasteiger partial charge in [-0.05, 0) is 17.7 Å². The van der Waals surface area contributed by atoms with Crippen LogP contribution in [0.5, 0.6) is 0 Å². The van der Waals surface area contributed by atoms with Crippen LogP contribution in [0.1, 0.15) is 28.9 Å². The predicted molar refractivity (Wildman–Crippen MR) is 113 cm³/mol. The minimum Gasteiger partial charge on any atom is -0.368 e. The second-order valence-electron chi connectivity index (χ2n) is 7.55. The summed E-state index contributed by atoms with van der Waals surface area (Å²) < 4.78 is 1.12. The van der Waals surface area contributed by atoms with Gasteiger partial charge in [0.05, 0.1) is 6.54 Å². The number of primary amides is 1. The van der Waals surface area contributed by atoms with Gasteiger partial charge in [0.1, 0.15) is 18.3 Å². The standard InChI is InChI=1S/C22H20N6O4/c23-20(29)19-18-16(11-27(25-18)21(30)24-15-9-5-2-6-10-15)17-12-26(19)22(31)28(17)32-13-14-7-3-1-4-8-14/h1-11,17,19H,12-13H2,(H2,23,29)(H,24,30)/t17-,19-/m0/s1. The molecule has 4 amide bonds. The summed E-state index contributed by atoms with van der Waals surface area (Å²) in [4.78, 5) is 45.0. The highest BCUT2D eigenvalue weighted by Gasteiger charge is 2.52. The van der Waals surface area contributed by atoms with E-state index in [-0.39, 0.29) is 18.8 Å². The summed E-state index contributed by atoms with van der Waals surface area (Å²) in [6.45, 7) is 0.385. The van der Waals surface area contributed by atoms with Gasteiger partial charge in [-0.25, -0.2) is 9.59 Å². The lowest BCUT2D eigenvalue weighted by molar-refractivity contribution is -0.141. The van der Waals surface area contributed by atoms with Crippen LogP contribution in [0.15, 0.2) is 66.9 Å². The van der Waals surface area contributed by atoms with Crippen molar-refractivity contribution in [3.05, 3.63) is 83.7 Å². The van der Waals surface area contributed by atoms with Crippen molar-refractivity contribution in [2.45, 2.75) is 18.7 Å². The van der Waals surface area contributed by atoms with Gasteiger partial charge in [0.15, 0.2) is 6.04 Å². The number of amides is 4. The van der Waals surface area contributed by atoms with Crippen LogP contribution >= 0.6 is 0 Å².